The highest BCUT2D eigenvalue weighted by Gasteiger charge is 2.08. The monoisotopic (exact) mass is 283 g/mol. The van der Waals surface area contributed by atoms with E-state index in [1.165, 1.54) is 16.6 Å². The van der Waals surface area contributed by atoms with Crippen LogP contribution in [0.5, 0.6) is 0 Å². The molecule has 1 atom stereocenters. The molecule has 0 saturated carbocycles. The molecular weight excluding hydrogens is 262 g/mol. The minimum atomic E-state index is 0.221. The maximum atomic E-state index is 5.40. The molecule has 1 unspecified atom stereocenters. The van der Waals surface area contributed by atoms with Crippen LogP contribution in [-0.4, -0.2) is 16.1 Å². The first-order chi connectivity index (χ1) is 10.1. The molecule has 0 fully saturated rings. The van der Waals surface area contributed by atoms with E-state index in [9.17, 15) is 0 Å². The highest BCUT2D eigenvalue weighted by Crippen LogP contribution is 2.18. The fourth-order valence-electron chi connectivity index (χ4n) is 2.53. The Morgan fingerprint density at radius 1 is 1.29 bits per heavy atom. The summed E-state index contributed by atoms with van der Waals surface area (Å²) in [7, 11) is 0. The number of nitrogens with one attached hydrogen (secondary N) is 1. The van der Waals surface area contributed by atoms with Crippen LogP contribution in [0.3, 0.4) is 0 Å². The molecule has 0 aliphatic carbocycles. The predicted molar refractivity (Wildman–Crippen MR) is 84.3 cm³/mol. The summed E-state index contributed by atoms with van der Waals surface area (Å²) in [5.74, 6) is 0.969. The number of fused-ring (bicyclic) bond motifs is 1. The first kappa shape index (κ1) is 13.9. The van der Waals surface area contributed by atoms with E-state index in [1.807, 2.05) is 18.5 Å². The number of hydrogen-bond donors (Lipinski definition) is 1. The molecule has 0 aliphatic rings. The molecule has 3 aromatic rings. The van der Waals surface area contributed by atoms with Crippen molar-refractivity contribution in [2.75, 3.05) is 6.54 Å². The zero-order valence-corrected chi connectivity index (χ0v) is 12.8. The fourth-order valence-corrected chi connectivity index (χ4v) is 2.53. The van der Waals surface area contributed by atoms with Crippen LogP contribution in [0.1, 0.15) is 29.9 Å². The fraction of sp³-hybridized carbons (Fsp3) is 0.353. The first-order valence-electron chi connectivity index (χ1n) is 7.34. The summed E-state index contributed by atoms with van der Waals surface area (Å²) in [4.78, 5) is 4.48. The molecule has 21 heavy (non-hydrogen) atoms. The second-order valence-corrected chi connectivity index (χ2v) is 5.55. The Morgan fingerprint density at radius 3 is 2.86 bits per heavy atom. The van der Waals surface area contributed by atoms with Gasteiger partial charge in [0.05, 0.1) is 29.7 Å². The molecule has 0 amide bonds. The standard InChI is InChI=1S/C17H21N3O/c1-12-9-15-16(10-13(12)2)20(11-19-15)7-6-18-14(3)17-5-4-8-21-17/h4-5,8-11,14,18H,6-7H2,1-3H3. The number of nitrogens with zero attached hydrogens (tertiary/aromatic N) is 2. The molecule has 1 N–H and O–H groups in total. The van der Waals surface area contributed by atoms with E-state index in [2.05, 4.69) is 47.8 Å². The third kappa shape index (κ3) is 2.85. The van der Waals surface area contributed by atoms with Gasteiger partial charge in [-0.05, 0) is 56.2 Å². The Balaban J connectivity index is 1.67. The Bertz CT molecular complexity index is 728. The average molecular weight is 283 g/mol. The van der Waals surface area contributed by atoms with Crippen molar-refractivity contribution in [2.24, 2.45) is 0 Å². The zero-order valence-electron chi connectivity index (χ0n) is 12.8. The molecule has 0 bridgehead atoms. The number of rotatable bonds is 5. The van der Waals surface area contributed by atoms with Gasteiger partial charge in [-0.25, -0.2) is 4.98 Å². The van der Waals surface area contributed by atoms with Gasteiger partial charge < -0.3 is 14.3 Å². The summed E-state index contributed by atoms with van der Waals surface area (Å²) >= 11 is 0. The predicted octanol–water partition coefficient (Wildman–Crippen LogP) is 3.60. The Kier molecular flexibility index (Phi) is 3.80. The molecule has 4 nitrogen and oxygen atoms in total. The minimum absolute atomic E-state index is 0.221. The van der Waals surface area contributed by atoms with Crippen LogP contribution in [-0.2, 0) is 6.54 Å². The van der Waals surface area contributed by atoms with Crippen molar-refractivity contribution in [1.29, 1.82) is 0 Å². The van der Waals surface area contributed by atoms with Crippen LogP contribution in [0.2, 0.25) is 0 Å². The van der Waals surface area contributed by atoms with Gasteiger partial charge in [-0.15, -0.1) is 0 Å². The molecule has 0 radical (unpaired) electrons. The second kappa shape index (κ2) is 5.74. The first-order valence-corrected chi connectivity index (χ1v) is 7.34. The van der Waals surface area contributed by atoms with Crippen LogP contribution in [0, 0.1) is 13.8 Å². The summed E-state index contributed by atoms with van der Waals surface area (Å²) < 4.78 is 7.60. The number of hydrogen-bond acceptors (Lipinski definition) is 3. The van der Waals surface area contributed by atoms with Gasteiger partial charge in [0.1, 0.15) is 5.76 Å². The van der Waals surface area contributed by atoms with Crippen molar-refractivity contribution >= 4 is 11.0 Å². The largest absolute Gasteiger partial charge is 0.468 e. The number of aromatic nitrogens is 2. The molecule has 1 aromatic carbocycles. The lowest BCUT2D eigenvalue weighted by Crippen LogP contribution is -2.22. The van der Waals surface area contributed by atoms with Gasteiger partial charge >= 0.3 is 0 Å². The van der Waals surface area contributed by atoms with E-state index in [0.717, 1.165) is 24.4 Å². The van der Waals surface area contributed by atoms with Crippen LogP contribution in [0.25, 0.3) is 11.0 Å². The van der Waals surface area contributed by atoms with Gasteiger partial charge in [0.25, 0.3) is 0 Å². The Morgan fingerprint density at radius 2 is 2.10 bits per heavy atom. The molecule has 0 spiro atoms. The third-order valence-corrected chi connectivity index (χ3v) is 4.01. The topological polar surface area (TPSA) is 43.0 Å². The zero-order chi connectivity index (χ0) is 14.8. The van der Waals surface area contributed by atoms with E-state index in [4.69, 9.17) is 4.42 Å². The number of furan rings is 1. The SMILES string of the molecule is Cc1cc2ncn(CCNC(C)c3ccco3)c2cc1C. The second-order valence-electron chi connectivity index (χ2n) is 5.55. The normalized spacial score (nSPS) is 12.9. The highest BCUT2D eigenvalue weighted by molar-refractivity contribution is 5.77. The summed E-state index contributed by atoms with van der Waals surface area (Å²) in [5.41, 5.74) is 4.86. The summed E-state index contributed by atoms with van der Waals surface area (Å²) in [6, 6.07) is 8.50. The van der Waals surface area contributed by atoms with Gasteiger partial charge in [0.2, 0.25) is 0 Å². The lowest BCUT2D eigenvalue weighted by molar-refractivity contribution is 0.424. The molecular formula is C17H21N3O. The van der Waals surface area contributed by atoms with Gasteiger partial charge in [-0.1, -0.05) is 0 Å². The van der Waals surface area contributed by atoms with Crippen molar-refractivity contribution in [2.45, 2.75) is 33.4 Å². The van der Waals surface area contributed by atoms with Crippen LogP contribution < -0.4 is 5.32 Å². The molecule has 0 saturated heterocycles. The molecule has 2 aromatic heterocycles. The lowest BCUT2D eigenvalue weighted by Gasteiger charge is -2.12. The van der Waals surface area contributed by atoms with Gasteiger partial charge in [-0.3, -0.25) is 0 Å². The minimum Gasteiger partial charge on any atom is -0.468 e. The smallest absolute Gasteiger partial charge is 0.120 e. The van der Waals surface area contributed by atoms with Gasteiger partial charge in [0, 0.05) is 13.1 Å². The van der Waals surface area contributed by atoms with E-state index >= 15 is 0 Å². The van der Waals surface area contributed by atoms with Gasteiger partial charge in [-0.2, -0.15) is 0 Å². The molecule has 4 heteroatoms. The molecule has 3 rings (SSSR count). The Hall–Kier alpha value is -2.07. The number of benzene rings is 1. The number of imidazole rings is 1. The van der Waals surface area contributed by atoms with E-state index in [0.29, 0.717) is 0 Å². The van der Waals surface area contributed by atoms with E-state index < -0.39 is 0 Å². The average Bonchev–Trinajstić information content (AvgIpc) is 3.10. The van der Waals surface area contributed by atoms with Crippen LogP contribution in [0.15, 0.2) is 41.3 Å². The van der Waals surface area contributed by atoms with Gasteiger partial charge in [0.15, 0.2) is 0 Å². The van der Waals surface area contributed by atoms with Crippen molar-refractivity contribution in [1.82, 2.24) is 14.9 Å². The maximum absolute atomic E-state index is 5.40. The van der Waals surface area contributed by atoms with Crippen molar-refractivity contribution < 1.29 is 4.42 Å². The highest BCUT2D eigenvalue weighted by atomic mass is 16.3. The van der Waals surface area contributed by atoms with Crippen LogP contribution in [0.4, 0.5) is 0 Å². The number of aryl methyl sites for hydroxylation is 2. The molecule has 0 aliphatic heterocycles. The quantitative estimate of drug-likeness (QED) is 0.778. The maximum Gasteiger partial charge on any atom is 0.120 e. The molecule has 2 heterocycles. The summed E-state index contributed by atoms with van der Waals surface area (Å²) in [6.45, 7) is 8.15. The van der Waals surface area contributed by atoms with Crippen molar-refractivity contribution in [3.05, 3.63) is 53.7 Å². The Labute approximate surface area is 124 Å². The van der Waals surface area contributed by atoms with E-state index in [1.54, 1.807) is 6.26 Å². The molecule has 110 valence electrons. The lowest BCUT2D eigenvalue weighted by atomic mass is 10.1. The van der Waals surface area contributed by atoms with Crippen molar-refractivity contribution in [3.63, 3.8) is 0 Å². The summed E-state index contributed by atoms with van der Waals surface area (Å²) in [6.07, 6.45) is 3.63. The summed E-state index contributed by atoms with van der Waals surface area (Å²) in [5, 5.41) is 3.47. The van der Waals surface area contributed by atoms with E-state index in [-0.39, 0.29) is 6.04 Å². The van der Waals surface area contributed by atoms with Crippen LogP contribution >= 0.6 is 0 Å². The third-order valence-electron chi connectivity index (χ3n) is 4.01. The van der Waals surface area contributed by atoms with Crippen molar-refractivity contribution in [3.8, 4) is 0 Å².